The number of thiazole rings is 1. The van der Waals surface area contributed by atoms with Crippen molar-refractivity contribution in [3.8, 4) is 22.8 Å². The number of benzene rings is 1. The third-order valence-corrected chi connectivity index (χ3v) is 5.41. The maximum atomic E-state index is 11.6. The summed E-state index contributed by atoms with van der Waals surface area (Å²) in [6.07, 6.45) is 2.33. The van der Waals surface area contributed by atoms with Gasteiger partial charge in [-0.15, -0.1) is 0 Å². The van der Waals surface area contributed by atoms with Gasteiger partial charge in [0, 0.05) is 11.3 Å². The summed E-state index contributed by atoms with van der Waals surface area (Å²) in [5.41, 5.74) is 3.62. The monoisotopic (exact) mass is 374 g/mol. The average Bonchev–Trinajstić information content (AvgIpc) is 3.18. The van der Waals surface area contributed by atoms with E-state index in [1.54, 1.807) is 14.2 Å². The fourth-order valence-electron chi connectivity index (χ4n) is 3.20. The predicted octanol–water partition coefficient (Wildman–Crippen LogP) is 4.29. The lowest BCUT2D eigenvalue weighted by molar-refractivity contribution is 0.0700. The largest absolute Gasteiger partial charge is 0.493 e. The highest BCUT2D eigenvalue weighted by Crippen LogP contribution is 2.36. The fraction of sp³-hybridized carbons (Fsp3) is 0.368. The van der Waals surface area contributed by atoms with E-state index < -0.39 is 5.97 Å². The van der Waals surface area contributed by atoms with Crippen molar-refractivity contribution in [3.05, 3.63) is 34.5 Å². The van der Waals surface area contributed by atoms with Crippen molar-refractivity contribution >= 4 is 22.3 Å². The molecule has 7 heteroatoms. The summed E-state index contributed by atoms with van der Waals surface area (Å²) < 4.78 is 12.7. The second kappa shape index (κ2) is 7.37. The van der Waals surface area contributed by atoms with Crippen molar-refractivity contribution in [2.45, 2.75) is 33.1 Å². The maximum Gasteiger partial charge on any atom is 0.347 e. The number of methoxy groups -OCH3 is 2. The number of ether oxygens (including phenoxy) is 2. The average molecular weight is 374 g/mol. The third kappa shape index (κ3) is 2.92. The van der Waals surface area contributed by atoms with Crippen molar-refractivity contribution in [2.24, 2.45) is 0 Å². The van der Waals surface area contributed by atoms with E-state index >= 15 is 0 Å². The second-order valence-corrected chi connectivity index (χ2v) is 6.86. The minimum atomic E-state index is -0.890. The van der Waals surface area contributed by atoms with Crippen LogP contribution in [0.4, 0.5) is 0 Å². The van der Waals surface area contributed by atoms with Crippen LogP contribution in [0.1, 0.15) is 41.3 Å². The van der Waals surface area contributed by atoms with E-state index in [-0.39, 0.29) is 0 Å². The SMILES string of the molecule is CCCc1c(C(=O)O)sc2nc(-c3ccc(OC)c(OC)c3)c(CC)n12. The van der Waals surface area contributed by atoms with E-state index in [0.29, 0.717) is 27.8 Å². The number of aromatic nitrogens is 2. The van der Waals surface area contributed by atoms with Gasteiger partial charge in [-0.1, -0.05) is 31.6 Å². The molecule has 0 aliphatic rings. The van der Waals surface area contributed by atoms with Crippen molar-refractivity contribution in [3.63, 3.8) is 0 Å². The Morgan fingerprint density at radius 1 is 1.19 bits per heavy atom. The lowest BCUT2D eigenvalue weighted by Gasteiger charge is -2.10. The zero-order chi connectivity index (χ0) is 18.8. The highest BCUT2D eigenvalue weighted by molar-refractivity contribution is 7.19. The Hall–Kier alpha value is -2.54. The first kappa shape index (κ1) is 18.3. The number of aryl methyl sites for hydroxylation is 2. The van der Waals surface area contributed by atoms with Gasteiger partial charge in [0.15, 0.2) is 16.5 Å². The van der Waals surface area contributed by atoms with Gasteiger partial charge < -0.3 is 14.6 Å². The number of rotatable bonds is 7. The molecule has 0 aliphatic heterocycles. The van der Waals surface area contributed by atoms with Crippen molar-refractivity contribution in [1.29, 1.82) is 0 Å². The van der Waals surface area contributed by atoms with Crippen molar-refractivity contribution < 1.29 is 19.4 Å². The number of imidazole rings is 1. The molecule has 3 aromatic rings. The third-order valence-electron chi connectivity index (χ3n) is 4.34. The lowest BCUT2D eigenvalue weighted by Crippen LogP contribution is -2.04. The van der Waals surface area contributed by atoms with Gasteiger partial charge in [-0.3, -0.25) is 4.40 Å². The minimum Gasteiger partial charge on any atom is -0.493 e. The van der Waals surface area contributed by atoms with E-state index in [4.69, 9.17) is 14.5 Å². The van der Waals surface area contributed by atoms with Crippen LogP contribution >= 0.6 is 11.3 Å². The molecule has 0 aliphatic carbocycles. The summed E-state index contributed by atoms with van der Waals surface area (Å²) in [5.74, 6) is 0.414. The fourth-order valence-corrected chi connectivity index (χ4v) is 4.23. The van der Waals surface area contributed by atoms with Crippen LogP contribution in [0.5, 0.6) is 11.5 Å². The summed E-state index contributed by atoms with van der Waals surface area (Å²) in [5, 5.41) is 9.53. The van der Waals surface area contributed by atoms with Gasteiger partial charge in [-0.25, -0.2) is 9.78 Å². The molecule has 1 aromatic carbocycles. The molecular formula is C19H22N2O4S. The summed E-state index contributed by atoms with van der Waals surface area (Å²) in [7, 11) is 3.21. The highest BCUT2D eigenvalue weighted by Gasteiger charge is 2.23. The summed E-state index contributed by atoms with van der Waals surface area (Å²) in [6, 6.07) is 5.71. The number of hydrogen-bond donors (Lipinski definition) is 1. The molecule has 0 amide bonds. The molecule has 2 aromatic heterocycles. The number of fused-ring (bicyclic) bond motifs is 1. The second-order valence-electron chi connectivity index (χ2n) is 5.88. The van der Waals surface area contributed by atoms with E-state index in [1.807, 2.05) is 29.5 Å². The smallest absolute Gasteiger partial charge is 0.347 e. The quantitative estimate of drug-likeness (QED) is 0.668. The van der Waals surface area contributed by atoms with Gasteiger partial charge in [-0.05, 0) is 31.0 Å². The first-order chi connectivity index (χ1) is 12.5. The van der Waals surface area contributed by atoms with Gasteiger partial charge in [0.05, 0.1) is 25.6 Å². The van der Waals surface area contributed by atoms with E-state index in [1.165, 1.54) is 11.3 Å². The number of carboxylic acids is 1. The Morgan fingerprint density at radius 2 is 1.92 bits per heavy atom. The predicted molar refractivity (Wildman–Crippen MR) is 102 cm³/mol. The number of aromatic carboxylic acids is 1. The number of hydrogen-bond acceptors (Lipinski definition) is 5. The van der Waals surface area contributed by atoms with Crippen LogP contribution in [-0.4, -0.2) is 34.7 Å². The Balaban J connectivity index is 2.23. The molecule has 0 fully saturated rings. The molecule has 6 nitrogen and oxygen atoms in total. The minimum absolute atomic E-state index is 0.378. The van der Waals surface area contributed by atoms with E-state index in [2.05, 4.69) is 6.92 Å². The molecule has 0 radical (unpaired) electrons. The number of nitrogens with zero attached hydrogens (tertiary/aromatic N) is 2. The molecule has 2 heterocycles. The van der Waals surface area contributed by atoms with Gasteiger partial charge >= 0.3 is 5.97 Å². The summed E-state index contributed by atoms with van der Waals surface area (Å²) in [6.45, 7) is 4.11. The van der Waals surface area contributed by atoms with Gasteiger partial charge in [0.2, 0.25) is 0 Å². The molecule has 1 N–H and O–H groups in total. The number of carbonyl (C=O) groups is 1. The Morgan fingerprint density at radius 3 is 2.50 bits per heavy atom. The van der Waals surface area contributed by atoms with Crippen LogP contribution in [0, 0.1) is 0 Å². The first-order valence-corrected chi connectivity index (χ1v) is 9.35. The summed E-state index contributed by atoms with van der Waals surface area (Å²) >= 11 is 1.23. The molecule has 3 rings (SSSR count). The first-order valence-electron chi connectivity index (χ1n) is 8.54. The zero-order valence-electron chi connectivity index (χ0n) is 15.3. The molecular weight excluding hydrogens is 352 g/mol. The Labute approximate surface area is 156 Å². The molecule has 138 valence electrons. The van der Waals surface area contributed by atoms with Crippen LogP contribution in [0.3, 0.4) is 0 Å². The van der Waals surface area contributed by atoms with E-state index in [0.717, 1.165) is 35.5 Å². The van der Waals surface area contributed by atoms with Crippen LogP contribution in [0.2, 0.25) is 0 Å². The molecule has 0 unspecified atom stereocenters. The van der Waals surface area contributed by atoms with Gasteiger partial charge in [0.25, 0.3) is 0 Å². The molecule has 0 saturated carbocycles. The van der Waals surface area contributed by atoms with Gasteiger partial charge in [-0.2, -0.15) is 0 Å². The van der Waals surface area contributed by atoms with E-state index in [9.17, 15) is 9.90 Å². The molecule has 26 heavy (non-hydrogen) atoms. The van der Waals surface area contributed by atoms with Crippen molar-refractivity contribution in [1.82, 2.24) is 9.38 Å². The molecule has 0 atom stereocenters. The molecule has 0 saturated heterocycles. The topological polar surface area (TPSA) is 73.1 Å². The maximum absolute atomic E-state index is 11.6. The summed E-state index contributed by atoms with van der Waals surface area (Å²) in [4.78, 5) is 17.5. The standard InChI is InChI=1S/C19H22N2O4S/c1-5-7-13-17(18(22)23)26-19-20-16(12(6-2)21(13)19)11-8-9-14(24-3)15(10-11)25-4/h8-10H,5-7H2,1-4H3,(H,22,23). The van der Waals surface area contributed by atoms with Crippen LogP contribution < -0.4 is 9.47 Å². The number of carboxylic acid groups (broad SMARTS) is 1. The molecule has 0 bridgehead atoms. The van der Waals surface area contributed by atoms with Gasteiger partial charge in [0.1, 0.15) is 4.88 Å². The Bertz CT molecular complexity index is 958. The lowest BCUT2D eigenvalue weighted by atomic mass is 10.1. The molecule has 0 spiro atoms. The highest BCUT2D eigenvalue weighted by atomic mass is 32.1. The normalized spacial score (nSPS) is 11.1. The van der Waals surface area contributed by atoms with Crippen LogP contribution in [-0.2, 0) is 12.8 Å². The zero-order valence-corrected chi connectivity index (χ0v) is 16.1. The Kier molecular flexibility index (Phi) is 5.18. The van der Waals surface area contributed by atoms with Crippen molar-refractivity contribution in [2.75, 3.05) is 14.2 Å². The van der Waals surface area contributed by atoms with Crippen LogP contribution in [0.15, 0.2) is 18.2 Å². The van der Waals surface area contributed by atoms with Crippen LogP contribution in [0.25, 0.3) is 16.2 Å².